The van der Waals surface area contributed by atoms with Crippen molar-refractivity contribution >= 4 is 11.9 Å². The molecule has 202 valence electrons. The maximum absolute atomic E-state index is 13.9. The van der Waals surface area contributed by atoms with Gasteiger partial charge in [-0.2, -0.15) is 5.26 Å². The van der Waals surface area contributed by atoms with Crippen LogP contribution >= 0.6 is 0 Å². The first-order valence-corrected chi connectivity index (χ1v) is 14.0. The molecule has 0 aromatic heterocycles. The lowest BCUT2D eigenvalue weighted by atomic mass is 9.93. The summed E-state index contributed by atoms with van der Waals surface area (Å²) in [6.07, 6.45) is 9.31. The van der Waals surface area contributed by atoms with Crippen LogP contribution in [0.5, 0.6) is 5.75 Å². The number of esters is 1. The van der Waals surface area contributed by atoms with E-state index in [0.717, 1.165) is 62.7 Å². The Morgan fingerprint density at radius 3 is 2.45 bits per heavy atom. The molecule has 7 heteroatoms. The highest BCUT2D eigenvalue weighted by atomic mass is 16.5. The van der Waals surface area contributed by atoms with Crippen molar-refractivity contribution in [2.75, 3.05) is 13.2 Å². The maximum Gasteiger partial charge on any atom is 0.308 e. The highest BCUT2D eigenvalue weighted by Gasteiger charge is 2.34. The number of likely N-dealkylation sites (tertiary alicyclic amines) is 1. The van der Waals surface area contributed by atoms with E-state index in [9.17, 15) is 9.59 Å². The third kappa shape index (κ3) is 8.32. The molecule has 0 radical (unpaired) electrons. The monoisotopic (exact) mass is 517 g/mol. The molecule has 2 aromatic carbocycles. The van der Waals surface area contributed by atoms with Gasteiger partial charge in [-0.3, -0.25) is 9.59 Å². The highest BCUT2D eigenvalue weighted by Crippen LogP contribution is 2.24. The Labute approximate surface area is 226 Å². The minimum absolute atomic E-state index is 0.00434. The lowest BCUT2D eigenvalue weighted by molar-refractivity contribution is -0.149. The van der Waals surface area contributed by atoms with Gasteiger partial charge in [0.15, 0.2) is 0 Å². The average molecular weight is 518 g/mol. The molecule has 7 nitrogen and oxygen atoms in total. The van der Waals surface area contributed by atoms with E-state index in [1.807, 2.05) is 35.2 Å². The lowest BCUT2D eigenvalue weighted by Crippen LogP contribution is -2.55. The van der Waals surface area contributed by atoms with Crippen LogP contribution in [0.3, 0.4) is 0 Å². The third-order valence-electron chi connectivity index (χ3n) is 7.57. The fourth-order valence-electron chi connectivity index (χ4n) is 5.46. The molecular weight excluding hydrogens is 478 g/mol. The summed E-state index contributed by atoms with van der Waals surface area (Å²) in [7, 11) is 0. The minimum Gasteiger partial charge on any atom is -0.494 e. The topological polar surface area (TPSA) is 91.7 Å². The molecule has 1 unspecified atom stereocenters. The van der Waals surface area contributed by atoms with Crippen LogP contribution in [-0.4, -0.2) is 48.1 Å². The van der Waals surface area contributed by atoms with Crippen molar-refractivity contribution in [1.82, 2.24) is 10.2 Å². The molecule has 1 N–H and O–H groups in total. The Morgan fingerprint density at radius 2 is 1.71 bits per heavy atom. The predicted octanol–water partition coefficient (Wildman–Crippen LogP) is 5.13. The van der Waals surface area contributed by atoms with Gasteiger partial charge in [-0.1, -0.05) is 49.6 Å². The lowest BCUT2D eigenvalue weighted by Gasteiger charge is -2.39. The Morgan fingerprint density at radius 1 is 0.974 bits per heavy atom. The van der Waals surface area contributed by atoms with E-state index in [1.54, 1.807) is 24.3 Å². The Bertz CT molecular complexity index is 1060. The maximum atomic E-state index is 13.9. The van der Waals surface area contributed by atoms with E-state index in [-0.39, 0.29) is 37.0 Å². The fourth-order valence-corrected chi connectivity index (χ4v) is 5.46. The van der Waals surface area contributed by atoms with Crippen LogP contribution < -0.4 is 10.1 Å². The summed E-state index contributed by atoms with van der Waals surface area (Å²) in [6, 6.07) is 18.6. The quantitative estimate of drug-likeness (QED) is 0.416. The summed E-state index contributed by atoms with van der Waals surface area (Å²) in [5, 5.41) is 12.5. The summed E-state index contributed by atoms with van der Waals surface area (Å²) >= 11 is 0. The molecule has 0 spiro atoms. The second kappa shape index (κ2) is 14.5. The molecule has 1 aliphatic heterocycles. The number of nitrogens with zero attached hydrogens (tertiary/aromatic N) is 2. The summed E-state index contributed by atoms with van der Waals surface area (Å²) < 4.78 is 11.5. The zero-order valence-electron chi connectivity index (χ0n) is 22.1. The van der Waals surface area contributed by atoms with Crippen molar-refractivity contribution in [2.24, 2.45) is 0 Å². The molecule has 2 aromatic rings. The number of nitrogens with one attached hydrogen (secondary N) is 1. The summed E-state index contributed by atoms with van der Waals surface area (Å²) in [5.74, 6) is 0.360. The van der Waals surface area contributed by atoms with Crippen LogP contribution in [-0.2, 0) is 20.9 Å². The molecule has 0 bridgehead atoms. The molecule has 1 amide bonds. The molecule has 1 saturated heterocycles. The molecule has 2 aliphatic rings. The van der Waals surface area contributed by atoms with Crippen LogP contribution in [0.15, 0.2) is 54.6 Å². The van der Waals surface area contributed by atoms with Crippen molar-refractivity contribution in [3.63, 3.8) is 0 Å². The smallest absolute Gasteiger partial charge is 0.308 e. The summed E-state index contributed by atoms with van der Waals surface area (Å²) in [4.78, 5) is 28.7. The van der Waals surface area contributed by atoms with E-state index < -0.39 is 6.04 Å². The van der Waals surface area contributed by atoms with Crippen LogP contribution in [0, 0.1) is 11.3 Å². The molecular formula is C31H39N3O4. The van der Waals surface area contributed by atoms with Crippen LogP contribution in [0.25, 0.3) is 0 Å². The van der Waals surface area contributed by atoms with E-state index in [0.29, 0.717) is 18.7 Å². The number of piperidine rings is 1. The normalized spacial score (nSPS) is 18.8. The van der Waals surface area contributed by atoms with Crippen molar-refractivity contribution in [1.29, 1.82) is 5.26 Å². The molecule has 2 atom stereocenters. The van der Waals surface area contributed by atoms with Crippen molar-refractivity contribution < 1.29 is 19.1 Å². The predicted molar refractivity (Wildman–Crippen MR) is 145 cm³/mol. The zero-order valence-corrected chi connectivity index (χ0v) is 22.1. The van der Waals surface area contributed by atoms with Crippen LogP contribution in [0.4, 0.5) is 0 Å². The first kappa shape index (κ1) is 27.7. The van der Waals surface area contributed by atoms with Crippen molar-refractivity contribution in [2.45, 2.75) is 88.9 Å². The zero-order chi connectivity index (χ0) is 26.6. The number of hydrogen-bond acceptors (Lipinski definition) is 6. The molecule has 4 rings (SSSR count). The van der Waals surface area contributed by atoms with Gasteiger partial charge in [0.2, 0.25) is 5.91 Å². The first-order valence-electron chi connectivity index (χ1n) is 14.0. The molecule has 1 saturated carbocycles. The Kier molecular flexibility index (Phi) is 10.6. The number of nitriles is 1. The first-order chi connectivity index (χ1) is 18.6. The summed E-state index contributed by atoms with van der Waals surface area (Å²) in [6.45, 7) is 1.39. The van der Waals surface area contributed by atoms with E-state index in [2.05, 4.69) is 11.4 Å². The number of carbonyl (C=O) groups is 2. The average Bonchev–Trinajstić information content (AvgIpc) is 2.97. The van der Waals surface area contributed by atoms with Crippen LogP contribution in [0.1, 0.15) is 75.3 Å². The number of carbonyl (C=O) groups excluding carboxylic acids is 2. The van der Waals surface area contributed by atoms with E-state index in [4.69, 9.17) is 14.7 Å². The van der Waals surface area contributed by atoms with Gasteiger partial charge < -0.3 is 19.7 Å². The molecule has 1 aliphatic carbocycles. The molecule has 1 heterocycles. The van der Waals surface area contributed by atoms with Crippen molar-refractivity contribution in [3.8, 4) is 11.8 Å². The number of amides is 1. The Balaban J connectivity index is 1.37. The second-order valence-corrected chi connectivity index (χ2v) is 10.4. The van der Waals surface area contributed by atoms with Gasteiger partial charge >= 0.3 is 5.97 Å². The van der Waals surface area contributed by atoms with Gasteiger partial charge in [-0.15, -0.1) is 0 Å². The summed E-state index contributed by atoms with van der Waals surface area (Å²) in [5.41, 5.74) is 1.53. The van der Waals surface area contributed by atoms with Gasteiger partial charge in [0, 0.05) is 25.0 Å². The number of hydrogen-bond donors (Lipinski definition) is 1. The number of benzene rings is 2. The Hall–Kier alpha value is -3.37. The number of ether oxygens (including phenoxy) is 2. The van der Waals surface area contributed by atoms with E-state index >= 15 is 0 Å². The molecule has 38 heavy (non-hydrogen) atoms. The SMILES string of the molecule is N#Cc1ccc(OCCC2CCCCN2C(=O)[C@H](CC(=O)OCc2ccccc2)NC2CCCCC2)cc1. The standard InChI is InChI=1S/C31H39N3O4/c32-22-24-14-16-28(17-15-24)37-20-18-27-13-7-8-19-34(27)31(36)29(33-26-11-5-2-6-12-26)21-30(35)38-23-25-9-3-1-4-10-25/h1,3-4,9-10,14-17,26-27,29,33H,2,5-8,11-13,18-21,23H2/t27?,29-/m0/s1. The largest absolute Gasteiger partial charge is 0.494 e. The van der Waals surface area contributed by atoms with Gasteiger partial charge in [0.25, 0.3) is 0 Å². The second-order valence-electron chi connectivity index (χ2n) is 10.4. The molecule has 2 fully saturated rings. The van der Waals surface area contributed by atoms with Gasteiger partial charge in [-0.25, -0.2) is 0 Å². The van der Waals surface area contributed by atoms with Gasteiger partial charge in [-0.05, 0) is 61.9 Å². The van der Waals surface area contributed by atoms with E-state index in [1.165, 1.54) is 6.42 Å². The number of rotatable bonds is 11. The minimum atomic E-state index is -0.582. The third-order valence-corrected chi connectivity index (χ3v) is 7.57. The van der Waals surface area contributed by atoms with Gasteiger partial charge in [0.05, 0.1) is 30.7 Å². The van der Waals surface area contributed by atoms with Gasteiger partial charge in [0.1, 0.15) is 12.4 Å². The fraction of sp³-hybridized carbons (Fsp3) is 0.516. The van der Waals surface area contributed by atoms with Crippen molar-refractivity contribution in [3.05, 3.63) is 65.7 Å². The highest BCUT2D eigenvalue weighted by molar-refractivity contribution is 5.87. The van der Waals surface area contributed by atoms with Crippen LogP contribution in [0.2, 0.25) is 0 Å².